The standard InChI is InChI=1S/C4H4BrNO2.C2H3N/c5-6-3(7)1-2-4(6)8;1-2-3/h1-2H2;1H3. The molecule has 0 spiro atoms. The van der Waals surface area contributed by atoms with Crippen LogP contribution in [-0.4, -0.2) is 15.7 Å². The van der Waals surface area contributed by atoms with E-state index in [0.29, 0.717) is 12.8 Å². The van der Waals surface area contributed by atoms with E-state index in [9.17, 15) is 9.59 Å². The van der Waals surface area contributed by atoms with Gasteiger partial charge in [-0.05, 0) is 0 Å². The summed E-state index contributed by atoms with van der Waals surface area (Å²) in [4.78, 5) is 20.9. The fourth-order valence-corrected chi connectivity index (χ4v) is 0.904. The Morgan fingerprint density at radius 3 is 1.82 bits per heavy atom. The molecule has 4 nitrogen and oxygen atoms in total. The van der Waals surface area contributed by atoms with Gasteiger partial charge in [-0.1, -0.05) is 0 Å². The summed E-state index contributed by atoms with van der Waals surface area (Å²) in [5.41, 5.74) is 0. The van der Waals surface area contributed by atoms with Crippen LogP contribution in [0.25, 0.3) is 0 Å². The molecular formula is C6H7BrN2O2. The lowest BCUT2D eigenvalue weighted by molar-refractivity contribution is -0.131. The van der Waals surface area contributed by atoms with Crippen molar-refractivity contribution in [3.8, 4) is 6.07 Å². The van der Waals surface area contributed by atoms with Crippen molar-refractivity contribution >= 4 is 28.0 Å². The molecule has 1 aliphatic rings. The van der Waals surface area contributed by atoms with Gasteiger partial charge in [-0.25, -0.2) is 3.93 Å². The van der Waals surface area contributed by atoms with Gasteiger partial charge in [0.25, 0.3) is 0 Å². The maximum atomic E-state index is 10.4. The van der Waals surface area contributed by atoms with Gasteiger partial charge < -0.3 is 0 Å². The number of rotatable bonds is 0. The Kier molecular flexibility index (Phi) is 4.46. The average molecular weight is 219 g/mol. The lowest BCUT2D eigenvalue weighted by Gasteiger charge is -1.97. The van der Waals surface area contributed by atoms with Crippen molar-refractivity contribution in [2.45, 2.75) is 19.8 Å². The smallest absolute Gasteiger partial charge is 0.239 e. The van der Waals surface area contributed by atoms with Crippen molar-refractivity contribution in [1.82, 2.24) is 3.93 Å². The molecule has 0 unspecified atom stereocenters. The molecule has 60 valence electrons. The van der Waals surface area contributed by atoms with Crippen molar-refractivity contribution in [3.05, 3.63) is 0 Å². The Morgan fingerprint density at radius 2 is 1.73 bits per heavy atom. The molecule has 5 heteroatoms. The molecule has 0 aromatic carbocycles. The van der Waals surface area contributed by atoms with E-state index in [1.807, 2.05) is 0 Å². The maximum absolute atomic E-state index is 10.4. The van der Waals surface area contributed by atoms with Crippen LogP contribution in [0.15, 0.2) is 0 Å². The van der Waals surface area contributed by atoms with Crippen LogP contribution in [0.1, 0.15) is 19.8 Å². The normalized spacial score (nSPS) is 15.5. The van der Waals surface area contributed by atoms with Gasteiger partial charge in [0.15, 0.2) is 0 Å². The van der Waals surface area contributed by atoms with Crippen LogP contribution in [-0.2, 0) is 9.59 Å². The number of nitrogens with zero attached hydrogens (tertiary/aromatic N) is 2. The lowest BCUT2D eigenvalue weighted by atomic mass is 10.4. The molecule has 0 N–H and O–H groups in total. The Bertz CT molecular complexity index is 193. The molecule has 0 aromatic heterocycles. The number of imide groups is 1. The molecule has 0 bridgehead atoms. The van der Waals surface area contributed by atoms with Crippen LogP contribution in [0.4, 0.5) is 0 Å². The van der Waals surface area contributed by atoms with E-state index in [4.69, 9.17) is 5.26 Å². The third-order valence-electron chi connectivity index (χ3n) is 0.991. The highest BCUT2D eigenvalue weighted by molar-refractivity contribution is 9.08. The predicted molar refractivity (Wildman–Crippen MR) is 41.3 cm³/mol. The van der Waals surface area contributed by atoms with Crippen LogP contribution in [0.3, 0.4) is 0 Å². The maximum Gasteiger partial charge on any atom is 0.239 e. The van der Waals surface area contributed by atoms with E-state index in [1.54, 1.807) is 6.07 Å². The first-order valence-corrected chi connectivity index (χ1v) is 3.66. The first kappa shape index (κ1) is 10.1. The molecule has 1 aliphatic heterocycles. The van der Waals surface area contributed by atoms with Gasteiger partial charge in [0.1, 0.15) is 0 Å². The van der Waals surface area contributed by atoms with E-state index in [0.717, 1.165) is 3.93 Å². The van der Waals surface area contributed by atoms with Gasteiger partial charge >= 0.3 is 0 Å². The van der Waals surface area contributed by atoms with E-state index >= 15 is 0 Å². The van der Waals surface area contributed by atoms with Gasteiger partial charge in [0.2, 0.25) is 11.8 Å². The highest BCUT2D eigenvalue weighted by atomic mass is 79.9. The van der Waals surface area contributed by atoms with Crippen LogP contribution in [0.5, 0.6) is 0 Å². The number of hydrogen-bond acceptors (Lipinski definition) is 3. The molecular weight excluding hydrogens is 212 g/mol. The first-order valence-electron chi connectivity index (χ1n) is 2.96. The van der Waals surface area contributed by atoms with Crippen LogP contribution < -0.4 is 0 Å². The highest BCUT2D eigenvalue weighted by Crippen LogP contribution is 2.14. The zero-order valence-electron chi connectivity index (χ0n) is 6.00. The summed E-state index contributed by atoms with van der Waals surface area (Å²) in [7, 11) is 0. The van der Waals surface area contributed by atoms with E-state index in [-0.39, 0.29) is 11.8 Å². The summed E-state index contributed by atoms with van der Waals surface area (Å²) >= 11 is 2.80. The van der Waals surface area contributed by atoms with Crippen LogP contribution in [0, 0.1) is 11.3 Å². The largest absolute Gasteiger partial charge is 0.274 e. The minimum absolute atomic E-state index is 0.144. The molecule has 1 rings (SSSR count). The molecule has 0 saturated carbocycles. The monoisotopic (exact) mass is 218 g/mol. The first-order chi connectivity index (χ1) is 5.13. The SMILES string of the molecule is CC#N.O=C1CCC(=O)N1Br. The predicted octanol–water partition coefficient (Wildman–Crippen LogP) is 0.975. The Labute approximate surface area is 73.1 Å². The highest BCUT2D eigenvalue weighted by Gasteiger charge is 2.26. The zero-order valence-corrected chi connectivity index (χ0v) is 7.59. The summed E-state index contributed by atoms with van der Waals surface area (Å²) in [5, 5.41) is 7.32. The number of nitriles is 1. The van der Waals surface area contributed by atoms with Crippen molar-refractivity contribution < 1.29 is 9.59 Å². The molecule has 0 aromatic rings. The van der Waals surface area contributed by atoms with E-state index < -0.39 is 0 Å². The second kappa shape index (κ2) is 4.85. The summed E-state index contributed by atoms with van der Waals surface area (Å²) in [6.07, 6.45) is 0.703. The van der Waals surface area contributed by atoms with Gasteiger partial charge in [-0.2, -0.15) is 5.26 Å². The molecule has 1 heterocycles. The molecule has 0 aliphatic carbocycles. The minimum Gasteiger partial charge on any atom is -0.274 e. The number of carbonyl (C=O) groups excluding carboxylic acids is 2. The fraction of sp³-hybridized carbons (Fsp3) is 0.500. The Hall–Kier alpha value is -0.890. The number of halogens is 1. The van der Waals surface area contributed by atoms with Crippen molar-refractivity contribution in [3.63, 3.8) is 0 Å². The van der Waals surface area contributed by atoms with Crippen molar-refractivity contribution in [2.24, 2.45) is 0 Å². The van der Waals surface area contributed by atoms with Crippen molar-refractivity contribution in [2.75, 3.05) is 0 Å². The Balaban J connectivity index is 0.000000292. The van der Waals surface area contributed by atoms with Crippen LogP contribution in [0.2, 0.25) is 0 Å². The number of carbonyl (C=O) groups is 2. The number of hydrogen-bond donors (Lipinski definition) is 0. The summed E-state index contributed by atoms with van der Waals surface area (Å²) in [5.74, 6) is -0.287. The third kappa shape index (κ3) is 3.14. The summed E-state index contributed by atoms with van der Waals surface area (Å²) in [6.45, 7) is 1.43. The second-order valence-electron chi connectivity index (χ2n) is 1.79. The van der Waals surface area contributed by atoms with Gasteiger partial charge in [-0.3, -0.25) is 9.59 Å². The zero-order chi connectivity index (χ0) is 8.85. The summed E-state index contributed by atoms with van der Waals surface area (Å²) < 4.78 is 0.979. The molecule has 11 heavy (non-hydrogen) atoms. The van der Waals surface area contributed by atoms with E-state index in [2.05, 4.69) is 16.1 Å². The average Bonchev–Trinajstić information content (AvgIpc) is 2.22. The van der Waals surface area contributed by atoms with E-state index in [1.165, 1.54) is 6.92 Å². The number of amides is 2. The second-order valence-corrected chi connectivity index (χ2v) is 2.50. The molecule has 0 atom stereocenters. The van der Waals surface area contributed by atoms with Crippen molar-refractivity contribution in [1.29, 1.82) is 5.26 Å². The molecule has 1 saturated heterocycles. The molecule has 2 amide bonds. The van der Waals surface area contributed by atoms with Gasteiger partial charge in [-0.15, -0.1) is 0 Å². The minimum atomic E-state index is -0.144. The molecule has 1 fully saturated rings. The van der Waals surface area contributed by atoms with Gasteiger partial charge in [0.05, 0.1) is 22.2 Å². The van der Waals surface area contributed by atoms with Gasteiger partial charge in [0, 0.05) is 19.8 Å². The quantitative estimate of drug-likeness (QED) is 0.450. The summed E-state index contributed by atoms with van der Waals surface area (Å²) in [6, 6.07) is 1.75. The third-order valence-corrected chi connectivity index (χ3v) is 1.78. The lowest BCUT2D eigenvalue weighted by Crippen LogP contribution is -2.16. The topological polar surface area (TPSA) is 61.2 Å². The molecule has 0 radical (unpaired) electrons. The van der Waals surface area contributed by atoms with Crippen LogP contribution >= 0.6 is 16.1 Å². The fourth-order valence-electron chi connectivity index (χ4n) is 0.549. The Morgan fingerprint density at radius 1 is 1.45 bits per heavy atom.